The molecule has 0 nitrogen and oxygen atoms in total. The highest BCUT2D eigenvalue weighted by molar-refractivity contribution is 5.24. The molecule has 1 aliphatic rings. The number of allylic oxidation sites excluding steroid dienone is 8. The van der Waals surface area contributed by atoms with Crippen LogP contribution in [0.15, 0.2) is 46.6 Å². The van der Waals surface area contributed by atoms with Crippen LogP contribution in [-0.4, -0.2) is 0 Å². The smallest absolute Gasteiger partial charge is 0.0225 e. The lowest BCUT2D eigenvalue weighted by Crippen LogP contribution is -2.02. The Morgan fingerprint density at radius 2 is 1.85 bits per heavy atom. The van der Waals surface area contributed by atoms with Crippen molar-refractivity contribution in [1.82, 2.24) is 0 Å². The maximum absolute atomic E-state index is 2.44. The number of rotatable bonds is 7. The molecule has 0 bridgehead atoms. The fraction of sp³-hybridized carbons (Fsp3) is 0.600. The van der Waals surface area contributed by atoms with E-state index in [0.717, 1.165) is 5.92 Å². The van der Waals surface area contributed by atoms with Crippen molar-refractivity contribution in [2.24, 2.45) is 5.92 Å². The molecule has 0 aromatic heterocycles. The van der Waals surface area contributed by atoms with Gasteiger partial charge < -0.3 is 0 Å². The molecular weight excluding hydrogens is 240 g/mol. The van der Waals surface area contributed by atoms with E-state index in [9.17, 15) is 0 Å². The van der Waals surface area contributed by atoms with Crippen LogP contribution < -0.4 is 0 Å². The average Bonchev–Trinajstić information content (AvgIpc) is 2.39. The molecule has 112 valence electrons. The monoisotopic (exact) mass is 272 g/mol. The maximum Gasteiger partial charge on any atom is -0.0225 e. The third-order valence-corrected chi connectivity index (χ3v) is 4.21. The predicted octanol–water partition coefficient (Wildman–Crippen LogP) is 6.76. The van der Waals surface area contributed by atoms with E-state index >= 15 is 0 Å². The molecule has 0 aromatic carbocycles. The molecule has 0 saturated heterocycles. The van der Waals surface area contributed by atoms with Crippen LogP contribution in [-0.2, 0) is 0 Å². The normalized spacial score (nSPS) is 17.4. The van der Waals surface area contributed by atoms with Crippen molar-refractivity contribution in [1.29, 1.82) is 0 Å². The van der Waals surface area contributed by atoms with Crippen LogP contribution in [0.2, 0.25) is 0 Å². The molecule has 20 heavy (non-hydrogen) atoms. The SMILES string of the molecule is CC(C)=CCCC(C)=CCCC(C)C1=CC=C(C)CC1. The van der Waals surface area contributed by atoms with Gasteiger partial charge in [-0.3, -0.25) is 0 Å². The Kier molecular flexibility index (Phi) is 7.65. The minimum absolute atomic E-state index is 0.737. The fourth-order valence-electron chi connectivity index (χ4n) is 2.62. The van der Waals surface area contributed by atoms with E-state index in [2.05, 4.69) is 58.9 Å². The summed E-state index contributed by atoms with van der Waals surface area (Å²) in [5, 5.41) is 0. The summed E-state index contributed by atoms with van der Waals surface area (Å²) in [5.74, 6) is 0.737. The van der Waals surface area contributed by atoms with Gasteiger partial charge >= 0.3 is 0 Å². The standard InChI is InChI=1S/C20H32/c1-16(2)8-6-9-17(3)10-7-11-19(5)20-14-12-18(4)13-15-20/h8,10,12,14,19H,6-7,9,11,13,15H2,1-5H3. The highest BCUT2D eigenvalue weighted by Gasteiger charge is 2.10. The van der Waals surface area contributed by atoms with E-state index in [1.807, 2.05) is 0 Å². The Morgan fingerprint density at radius 3 is 2.45 bits per heavy atom. The lowest BCUT2D eigenvalue weighted by Gasteiger charge is -2.18. The van der Waals surface area contributed by atoms with Crippen LogP contribution in [0.1, 0.15) is 73.1 Å². The summed E-state index contributed by atoms with van der Waals surface area (Å²) in [6.07, 6.45) is 16.9. The van der Waals surface area contributed by atoms with Crippen LogP contribution in [0.5, 0.6) is 0 Å². The number of hydrogen-bond donors (Lipinski definition) is 0. The van der Waals surface area contributed by atoms with E-state index < -0.39 is 0 Å². The minimum Gasteiger partial charge on any atom is -0.0856 e. The first-order chi connectivity index (χ1) is 9.49. The molecule has 0 heteroatoms. The fourth-order valence-corrected chi connectivity index (χ4v) is 2.62. The minimum atomic E-state index is 0.737. The van der Waals surface area contributed by atoms with Gasteiger partial charge in [0.05, 0.1) is 0 Å². The van der Waals surface area contributed by atoms with Gasteiger partial charge in [-0.05, 0) is 72.1 Å². The van der Waals surface area contributed by atoms with Crippen molar-refractivity contribution in [3.63, 3.8) is 0 Å². The zero-order valence-electron chi connectivity index (χ0n) is 14.1. The lowest BCUT2D eigenvalue weighted by atomic mass is 9.88. The average molecular weight is 272 g/mol. The Bertz CT molecular complexity index is 411. The van der Waals surface area contributed by atoms with Crippen molar-refractivity contribution in [3.8, 4) is 0 Å². The van der Waals surface area contributed by atoms with Gasteiger partial charge in [0, 0.05) is 0 Å². The van der Waals surface area contributed by atoms with E-state index in [1.165, 1.54) is 49.7 Å². The van der Waals surface area contributed by atoms with Crippen molar-refractivity contribution in [2.45, 2.75) is 73.1 Å². The van der Waals surface area contributed by atoms with E-state index in [-0.39, 0.29) is 0 Å². The van der Waals surface area contributed by atoms with Crippen molar-refractivity contribution >= 4 is 0 Å². The zero-order valence-corrected chi connectivity index (χ0v) is 14.1. The molecular formula is C20H32. The maximum atomic E-state index is 2.44. The number of hydrogen-bond acceptors (Lipinski definition) is 0. The summed E-state index contributed by atoms with van der Waals surface area (Å²) in [4.78, 5) is 0. The van der Waals surface area contributed by atoms with E-state index in [1.54, 1.807) is 11.1 Å². The topological polar surface area (TPSA) is 0 Å². The molecule has 0 aliphatic heterocycles. The quantitative estimate of drug-likeness (QED) is 0.449. The Balaban J connectivity index is 2.30. The Hall–Kier alpha value is -1.04. The van der Waals surface area contributed by atoms with Crippen molar-refractivity contribution in [3.05, 3.63) is 46.6 Å². The summed E-state index contributed by atoms with van der Waals surface area (Å²) in [5.41, 5.74) is 6.14. The molecule has 0 spiro atoms. The molecule has 1 unspecified atom stereocenters. The summed E-state index contributed by atoms with van der Waals surface area (Å²) in [7, 11) is 0. The van der Waals surface area contributed by atoms with Crippen molar-refractivity contribution < 1.29 is 0 Å². The molecule has 0 N–H and O–H groups in total. The third kappa shape index (κ3) is 6.93. The van der Waals surface area contributed by atoms with Gasteiger partial charge in [0.1, 0.15) is 0 Å². The van der Waals surface area contributed by atoms with Gasteiger partial charge in [-0.1, -0.05) is 53.5 Å². The first-order valence-electron chi connectivity index (χ1n) is 8.14. The van der Waals surface area contributed by atoms with Gasteiger partial charge in [0.2, 0.25) is 0 Å². The second kappa shape index (κ2) is 9.00. The highest BCUT2D eigenvalue weighted by atomic mass is 14.2. The summed E-state index contributed by atoms with van der Waals surface area (Å²) < 4.78 is 0. The van der Waals surface area contributed by atoms with Crippen molar-refractivity contribution in [2.75, 3.05) is 0 Å². The molecule has 0 fully saturated rings. The predicted molar refractivity (Wildman–Crippen MR) is 91.9 cm³/mol. The lowest BCUT2D eigenvalue weighted by molar-refractivity contribution is 0.589. The molecule has 0 saturated carbocycles. The molecule has 1 atom stereocenters. The largest absolute Gasteiger partial charge is 0.0856 e. The van der Waals surface area contributed by atoms with Gasteiger partial charge in [0.25, 0.3) is 0 Å². The van der Waals surface area contributed by atoms with Crippen LogP contribution in [0.3, 0.4) is 0 Å². The summed E-state index contributed by atoms with van der Waals surface area (Å²) in [6, 6.07) is 0. The Morgan fingerprint density at radius 1 is 1.10 bits per heavy atom. The van der Waals surface area contributed by atoms with Crippen LogP contribution in [0.4, 0.5) is 0 Å². The van der Waals surface area contributed by atoms with Crippen LogP contribution >= 0.6 is 0 Å². The molecule has 0 amide bonds. The second-order valence-corrected chi connectivity index (χ2v) is 6.60. The molecule has 1 aliphatic carbocycles. The van der Waals surface area contributed by atoms with Gasteiger partial charge in [-0.15, -0.1) is 0 Å². The van der Waals surface area contributed by atoms with Gasteiger partial charge in [0.15, 0.2) is 0 Å². The first kappa shape index (κ1) is 17.0. The van der Waals surface area contributed by atoms with Crippen LogP contribution in [0, 0.1) is 5.92 Å². The third-order valence-electron chi connectivity index (χ3n) is 4.21. The van der Waals surface area contributed by atoms with E-state index in [4.69, 9.17) is 0 Å². The van der Waals surface area contributed by atoms with E-state index in [0.29, 0.717) is 0 Å². The zero-order chi connectivity index (χ0) is 15.0. The summed E-state index contributed by atoms with van der Waals surface area (Å²) in [6.45, 7) is 11.2. The molecule has 0 aromatic rings. The summed E-state index contributed by atoms with van der Waals surface area (Å²) >= 11 is 0. The highest BCUT2D eigenvalue weighted by Crippen LogP contribution is 2.27. The second-order valence-electron chi connectivity index (χ2n) is 6.60. The molecule has 0 heterocycles. The molecule has 1 rings (SSSR count). The van der Waals surface area contributed by atoms with Gasteiger partial charge in [-0.2, -0.15) is 0 Å². The Labute approximate surface area is 126 Å². The van der Waals surface area contributed by atoms with Gasteiger partial charge in [-0.25, -0.2) is 0 Å². The molecule has 0 radical (unpaired) electrons. The first-order valence-corrected chi connectivity index (χ1v) is 8.14. The van der Waals surface area contributed by atoms with Crippen LogP contribution in [0.25, 0.3) is 0 Å².